The molecule has 1 aliphatic rings. The van der Waals surface area contributed by atoms with Gasteiger partial charge in [-0.05, 0) is 53.0 Å². The summed E-state index contributed by atoms with van der Waals surface area (Å²) in [6, 6.07) is 19.6. The highest BCUT2D eigenvalue weighted by Gasteiger charge is 2.19. The molecule has 0 saturated carbocycles. The molecule has 4 nitrogen and oxygen atoms in total. The topological polar surface area (TPSA) is 55.4 Å². The largest absolute Gasteiger partial charge is 0.455 e. The van der Waals surface area contributed by atoms with Gasteiger partial charge >= 0.3 is 5.97 Å². The second-order valence-electron chi connectivity index (χ2n) is 7.22. The molecule has 0 radical (unpaired) electrons. The summed E-state index contributed by atoms with van der Waals surface area (Å²) in [5, 5.41) is 4.96. The average Bonchev–Trinajstić information content (AvgIpc) is 3.43. The molecule has 0 bridgehead atoms. The predicted molar refractivity (Wildman–Crippen MR) is 114 cm³/mol. The summed E-state index contributed by atoms with van der Waals surface area (Å²) in [5.74, 6) is -0.694. The highest BCUT2D eigenvalue weighted by Crippen LogP contribution is 2.26. The van der Waals surface area contributed by atoms with Crippen LogP contribution in [0.25, 0.3) is 0 Å². The Morgan fingerprint density at radius 3 is 2.62 bits per heavy atom. The number of thiophene rings is 1. The van der Waals surface area contributed by atoms with Gasteiger partial charge in [0.25, 0.3) is 5.91 Å². The number of hydrogen-bond acceptors (Lipinski definition) is 4. The lowest BCUT2D eigenvalue weighted by Crippen LogP contribution is -2.32. The van der Waals surface area contributed by atoms with E-state index >= 15 is 0 Å². The molecule has 148 valence electrons. The first-order valence-corrected chi connectivity index (χ1v) is 10.7. The highest BCUT2D eigenvalue weighted by atomic mass is 32.1. The van der Waals surface area contributed by atoms with Crippen LogP contribution in [0.4, 0.5) is 0 Å². The van der Waals surface area contributed by atoms with Crippen molar-refractivity contribution in [3.05, 3.63) is 93.2 Å². The normalized spacial score (nSPS) is 13.5. The number of fused-ring (bicyclic) bond motifs is 1. The molecule has 0 unspecified atom stereocenters. The van der Waals surface area contributed by atoms with E-state index in [2.05, 4.69) is 17.4 Å². The fourth-order valence-electron chi connectivity index (χ4n) is 3.72. The molecule has 0 saturated heterocycles. The lowest BCUT2D eigenvalue weighted by atomic mass is 10.0. The number of ether oxygens (including phenoxy) is 1. The minimum atomic E-state index is -0.384. The molecule has 1 N–H and O–H groups in total. The first-order valence-electron chi connectivity index (χ1n) is 9.83. The minimum Gasteiger partial charge on any atom is -0.455 e. The molecule has 1 heterocycles. The zero-order valence-corrected chi connectivity index (χ0v) is 16.9. The summed E-state index contributed by atoms with van der Waals surface area (Å²) >= 11 is 1.58. The number of benzene rings is 2. The van der Waals surface area contributed by atoms with E-state index in [0.29, 0.717) is 0 Å². The number of nitrogens with one attached hydrogen (secondary N) is 1. The number of aryl methyl sites for hydroxylation is 2. The summed E-state index contributed by atoms with van der Waals surface area (Å²) in [7, 11) is 0. The fraction of sp³-hybridized carbons (Fsp3) is 0.250. The molecule has 1 aliphatic carbocycles. The van der Waals surface area contributed by atoms with Gasteiger partial charge in [-0.1, -0.05) is 54.6 Å². The van der Waals surface area contributed by atoms with Crippen LogP contribution in [-0.2, 0) is 33.6 Å². The standard InChI is InChI=1S/C24H23NO3S/c26-22(25-24(21-10-5-13-29-21)19-6-2-1-3-7-19)16-28-23(27)15-17-11-12-18-8-4-9-20(18)14-17/h1-3,5-7,10-14,24H,4,8-9,15-16H2,(H,25,26)/t24-/m1/s1. The Balaban J connectivity index is 1.33. The quantitative estimate of drug-likeness (QED) is 0.599. The Morgan fingerprint density at radius 2 is 1.83 bits per heavy atom. The van der Waals surface area contributed by atoms with E-state index in [1.165, 1.54) is 17.5 Å². The van der Waals surface area contributed by atoms with Crippen LogP contribution in [0, 0.1) is 0 Å². The molecule has 1 aromatic heterocycles. The summed E-state index contributed by atoms with van der Waals surface area (Å²) < 4.78 is 5.23. The number of esters is 1. The van der Waals surface area contributed by atoms with E-state index in [0.717, 1.165) is 28.8 Å². The third-order valence-corrected chi connectivity index (χ3v) is 6.08. The van der Waals surface area contributed by atoms with Gasteiger partial charge in [-0.3, -0.25) is 9.59 Å². The Labute approximate surface area is 174 Å². The van der Waals surface area contributed by atoms with E-state index in [-0.39, 0.29) is 30.9 Å². The summed E-state index contributed by atoms with van der Waals surface area (Å²) in [5.41, 5.74) is 4.64. The van der Waals surface area contributed by atoms with Crippen molar-refractivity contribution in [3.8, 4) is 0 Å². The van der Waals surface area contributed by atoms with Crippen molar-refractivity contribution in [3.63, 3.8) is 0 Å². The first-order chi connectivity index (χ1) is 14.2. The molecule has 2 aromatic carbocycles. The predicted octanol–water partition coefficient (Wildman–Crippen LogP) is 4.23. The Morgan fingerprint density at radius 1 is 1.00 bits per heavy atom. The van der Waals surface area contributed by atoms with Gasteiger partial charge in [-0.2, -0.15) is 0 Å². The van der Waals surface area contributed by atoms with Crippen molar-refractivity contribution in [1.29, 1.82) is 0 Å². The van der Waals surface area contributed by atoms with Gasteiger partial charge in [0.1, 0.15) is 0 Å². The van der Waals surface area contributed by atoms with Crippen LogP contribution in [0.5, 0.6) is 0 Å². The van der Waals surface area contributed by atoms with Crippen molar-refractivity contribution in [2.24, 2.45) is 0 Å². The van der Waals surface area contributed by atoms with Crippen LogP contribution >= 0.6 is 11.3 Å². The monoisotopic (exact) mass is 405 g/mol. The second kappa shape index (κ2) is 9.05. The molecular weight excluding hydrogens is 382 g/mol. The van der Waals surface area contributed by atoms with Crippen molar-refractivity contribution in [2.45, 2.75) is 31.7 Å². The van der Waals surface area contributed by atoms with Crippen molar-refractivity contribution >= 4 is 23.2 Å². The summed E-state index contributed by atoms with van der Waals surface area (Å²) in [6.07, 6.45) is 3.56. The van der Waals surface area contributed by atoms with E-state index in [9.17, 15) is 9.59 Å². The molecule has 5 heteroatoms. The van der Waals surface area contributed by atoms with Gasteiger partial charge in [-0.15, -0.1) is 11.3 Å². The van der Waals surface area contributed by atoms with Gasteiger partial charge in [0.05, 0.1) is 12.5 Å². The number of carbonyl (C=O) groups is 2. The zero-order valence-electron chi connectivity index (χ0n) is 16.1. The van der Waals surface area contributed by atoms with E-state index in [1.54, 1.807) is 11.3 Å². The van der Waals surface area contributed by atoms with Gasteiger partial charge in [0, 0.05) is 4.88 Å². The molecule has 29 heavy (non-hydrogen) atoms. The number of carbonyl (C=O) groups excluding carboxylic acids is 2. The molecule has 3 aromatic rings. The van der Waals surface area contributed by atoms with Crippen molar-refractivity contribution < 1.29 is 14.3 Å². The van der Waals surface area contributed by atoms with Crippen LogP contribution in [0.2, 0.25) is 0 Å². The number of hydrogen-bond donors (Lipinski definition) is 1. The highest BCUT2D eigenvalue weighted by molar-refractivity contribution is 7.10. The van der Waals surface area contributed by atoms with Crippen LogP contribution in [0.15, 0.2) is 66.0 Å². The second-order valence-corrected chi connectivity index (χ2v) is 8.20. The fourth-order valence-corrected chi connectivity index (χ4v) is 4.52. The van der Waals surface area contributed by atoms with E-state index in [1.807, 2.05) is 53.9 Å². The summed E-state index contributed by atoms with van der Waals surface area (Å²) in [6.45, 7) is -0.279. The van der Waals surface area contributed by atoms with Crippen LogP contribution in [0.1, 0.15) is 39.6 Å². The maximum atomic E-state index is 12.4. The van der Waals surface area contributed by atoms with Crippen LogP contribution in [-0.4, -0.2) is 18.5 Å². The molecule has 1 atom stereocenters. The van der Waals surface area contributed by atoms with E-state index < -0.39 is 0 Å². The minimum absolute atomic E-state index is 0.188. The van der Waals surface area contributed by atoms with E-state index in [4.69, 9.17) is 4.74 Å². The molecule has 0 spiro atoms. The smallest absolute Gasteiger partial charge is 0.310 e. The Bertz CT molecular complexity index is 983. The maximum absolute atomic E-state index is 12.4. The molecule has 4 rings (SSSR count). The average molecular weight is 406 g/mol. The van der Waals surface area contributed by atoms with Gasteiger partial charge < -0.3 is 10.1 Å². The lowest BCUT2D eigenvalue weighted by Gasteiger charge is -2.18. The number of amides is 1. The third-order valence-electron chi connectivity index (χ3n) is 5.14. The Kier molecular flexibility index (Phi) is 6.06. The molecule has 0 fully saturated rings. The van der Waals surface area contributed by atoms with Crippen LogP contribution in [0.3, 0.4) is 0 Å². The SMILES string of the molecule is O=C(COC(=O)Cc1ccc2c(c1)CCC2)N[C@H](c1ccccc1)c1cccs1. The zero-order chi connectivity index (χ0) is 20.1. The molecule has 0 aliphatic heterocycles. The maximum Gasteiger partial charge on any atom is 0.310 e. The van der Waals surface area contributed by atoms with Crippen LogP contribution < -0.4 is 5.32 Å². The Hall–Kier alpha value is -2.92. The lowest BCUT2D eigenvalue weighted by molar-refractivity contribution is -0.148. The van der Waals surface area contributed by atoms with Crippen molar-refractivity contribution in [1.82, 2.24) is 5.32 Å². The molecular formula is C24H23NO3S. The van der Waals surface area contributed by atoms with Gasteiger partial charge in [0.15, 0.2) is 6.61 Å². The van der Waals surface area contributed by atoms with Gasteiger partial charge in [0.2, 0.25) is 0 Å². The third kappa shape index (κ3) is 4.93. The first kappa shape index (κ1) is 19.4. The summed E-state index contributed by atoms with van der Waals surface area (Å²) in [4.78, 5) is 25.7. The van der Waals surface area contributed by atoms with Crippen molar-refractivity contribution in [2.75, 3.05) is 6.61 Å². The van der Waals surface area contributed by atoms with Gasteiger partial charge in [-0.25, -0.2) is 0 Å². The number of rotatable bonds is 7. The molecule has 1 amide bonds.